The molecule has 0 spiro atoms. The zero-order chi connectivity index (χ0) is 16.4. The summed E-state index contributed by atoms with van der Waals surface area (Å²) in [5.74, 6) is 1.69. The average Bonchev–Trinajstić information content (AvgIpc) is 3.21. The Hall–Kier alpha value is -1.92. The molecular formula is C18H25N5O. The topological polar surface area (TPSA) is 55.2 Å². The highest BCUT2D eigenvalue weighted by atomic mass is 16.5. The molecule has 4 rings (SSSR count). The lowest BCUT2D eigenvalue weighted by molar-refractivity contribution is -0.0753. The largest absolute Gasteiger partial charge is 0.383 e. The first-order chi connectivity index (χ1) is 11.8. The van der Waals surface area contributed by atoms with Gasteiger partial charge in [-0.2, -0.15) is 0 Å². The van der Waals surface area contributed by atoms with E-state index in [1.807, 2.05) is 24.7 Å². The van der Waals surface area contributed by atoms with Crippen molar-refractivity contribution in [3.05, 3.63) is 42.7 Å². The molecule has 0 aromatic carbocycles. The van der Waals surface area contributed by atoms with Crippen molar-refractivity contribution in [2.75, 3.05) is 25.0 Å². The molecule has 2 fully saturated rings. The number of nitrogens with zero attached hydrogens (tertiary/aromatic N) is 4. The number of rotatable bonds is 5. The summed E-state index contributed by atoms with van der Waals surface area (Å²) in [7, 11) is 2.07. The van der Waals surface area contributed by atoms with Crippen LogP contribution in [-0.4, -0.2) is 51.3 Å². The summed E-state index contributed by atoms with van der Waals surface area (Å²) >= 11 is 0. The Labute approximate surface area is 142 Å². The molecule has 3 heterocycles. The number of aryl methyl sites for hydroxylation is 1. The number of hydrogen-bond donors (Lipinski definition) is 1. The minimum Gasteiger partial charge on any atom is -0.383 e. The van der Waals surface area contributed by atoms with Gasteiger partial charge in [-0.05, 0) is 25.0 Å². The lowest BCUT2D eigenvalue weighted by Gasteiger charge is -2.39. The zero-order valence-corrected chi connectivity index (χ0v) is 14.1. The average molecular weight is 327 g/mol. The Balaban J connectivity index is 1.38. The lowest BCUT2D eigenvalue weighted by atomic mass is 10.0. The van der Waals surface area contributed by atoms with Crippen LogP contribution in [0.3, 0.4) is 0 Å². The number of pyridine rings is 1. The van der Waals surface area contributed by atoms with Gasteiger partial charge >= 0.3 is 0 Å². The van der Waals surface area contributed by atoms with Crippen molar-refractivity contribution in [2.24, 2.45) is 13.0 Å². The molecule has 1 aliphatic heterocycles. The second kappa shape index (κ2) is 6.91. The molecule has 0 amide bonds. The third-order valence-corrected chi connectivity index (χ3v) is 5.33. The normalized spacial score (nSPS) is 27.1. The van der Waals surface area contributed by atoms with E-state index in [4.69, 9.17) is 4.74 Å². The monoisotopic (exact) mass is 327 g/mol. The van der Waals surface area contributed by atoms with Crippen LogP contribution in [0.2, 0.25) is 0 Å². The quantitative estimate of drug-likeness (QED) is 0.909. The lowest BCUT2D eigenvalue weighted by Crippen LogP contribution is -2.50. The van der Waals surface area contributed by atoms with Gasteiger partial charge in [0.25, 0.3) is 0 Å². The number of aromatic nitrogens is 3. The summed E-state index contributed by atoms with van der Waals surface area (Å²) in [4.78, 5) is 11.2. The second-order valence-electron chi connectivity index (χ2n) is 6.79. The predicted molar refractivity (Wildman–Crippen MR) is 92.6 cm³/mol. The molecule has 2 aromatic heterocycles. The first-order valence-electron chi connectivity index (χ1n) is 8.77. The number of morpholine rings is 1. The van der Waals surface area contributed by atoms with Gasteiger partial charge in [0.05, 0.1) is 24.9 Å². The third kappa shape index (κ3) is 3.16. The van der Waals surface area contributed by atoms with Crippen LogP contribution in [0, 0.1) is 5.92 Å². The van der Waals surface area contributed by atoms with Crippen molar-refractivity contribution in [3.8, 4) is 0 Å². The van der Waals surface area contributed by atoms with Gasteiger partial charge in [0, 0.05) is 56.9 Å². The van der Waals surface area contributed by atoms with Crippen LogP contribution in [0.5, 0.6) is 0 Å². The van der Waals surface area contributed by atoms with Crippen molar-refractivity contribution in [1.82, 2.24) is 19.4 Å². The van der Waals surface area contributed by atoms with Crippen molar-refractivity contribution in [1.29, 1.82) is 0 Å². The molecule has 1 saturated heterocycles. The van der Waals surface area contributed by atoms with Crippen LogP contribution >= 0.6 is 0 Å². The maximum absolute atomic E-state index is 6.16. The molecule has 2 aromatic rings. The van der Waals surface area contributed by atoms with Gasteiger partial charge in [-0.1, -0.05) is 0 Å². The van der Waals surface area contributed by atoms with Crippen molar-refractivity contribution in [3.63, 3.8) is 0 Å². The number of hydrogen-bond acceptors (Lipinski definition) is 5. The molecule has 128 valence electrons. The fourth-order valence-electron chi connectivity index (χ4n) is 4.00. The smallest absolute Gasteiger partial charge is 0.122 e. The van der Waals surface area contributed by atoms with E-state index in [0.717, 1.165) is 37.8 Å². The molecule has 1 N–H and O–H groups in total. The van der Waals surface area contributed by atoms with E-state index in [1.54, 1.807) is 6.20 Å². The molecule has 0 unspecified atom stereocenters. The number of fused-ring (bicyclic) bond motifs is 1. The number of anilines is 1. The highest BCUT2D eigenvalue weighted by Crippen LogP contribution is 2.35. The maximum atomic E-state index is 6.16. The Kier molecular flexibility index (Phi) is 4.49. The van der Waals surface area contributed by atoms with Gasteiger partial charge in [-0.15, -0.1) is 0 Å². The highest BCUT2D eigenvalue weighted by molar-refractivity contribution is 5.39. The van der Waals surface area contributed by atoms with E-state index in [2.05, 4.69) is 37.9 Å². The first kappa shape index (κ1) is 15.6. The number of nitrogens with one attached hydrogen (secondary N) is 1. The fourth-order valence-corrected chi connectivity index (χ4v) is 4.00. The zero-order valence-electron chi connectivity index (χ0n) is 14.1. The van der Waals surface area contributed by atoms with Gasteiger partial charge < -0.3 is 14.6 Å². The molecule has 0 radical (unpaired) electrons. The van der Waals surface area contributed by atoms with Gasteiger partial charge in [-0.3, -0.25) is 9.88 Å². The molecule has 6 nitrogen and oxygen atoms in total. The van der Waals surface area contributed by atoms with E-state index < -0.39 is 0 Å². The molecule has 24 heavy (non-hydrogen) atoms. The molecular weight excluding hydrogens is 302 g/mol. The maximum Gasteiger partial charge on any atom is 0.122 e. The van der Waals surface area contributed by atoms with E-state index in [0.29, 0.717) is 18.1 Å². The number of imidazole rings is 1. The van der Waals surface area contributed by atoms with Gasteiger partial charge in [0.1, 0.15) is 5.82 Å². The predicted octanol–water partition coefficient (Wildman–Crippen LogP) is 1.91. The number of ether oxygens (including phenoxy) is 1. The van der Waals surface area contributed by atoms with Gasteiger partial charge in [0.2, 0.25) is 0 Å². The standard InChI is InChI=1S/C18H25N5O/c1-22-8-7-20-17(22)13-23-9-10-24-18-14(4-5-16(18)23)11-21-15-3-2-6-19-12-15/h2-3,6-8,12,14,16,18,21H,4-5,9-11,13H2,1H3/t14-,16+,18+/m0/s1. The molecule has 6 heteroatoms. The Morgan fingerprint density at radius 3 is 3.08 bits per heavy atom. The minimum atomic E-state index is 0.322. The highest BCUT2D eigenvalue weighted by Gasteiger charge is 2.42. The van der Waals surface area contributed by atoms with Crippen molar-refractivity contribution >= 4 is 5.69 Å². The third-order valence-electron chi connectivity index (χ3n) is 5.33. The van der Waals surface area contributed by atoms with Gasteiger partial charge in [-0.25, -0.2) is 4.98 Å². The van der Waals surface area contributed by atoms with Crippen LogP contribution in [-0.2, 0) is 18.3 Å². The SMILES string of the molecule is Cn1ccnc1CN1CCO[C@@H]2[C@H](CNc3cccnc3)CC[C@H]21. The van der Waals surface area contributed by atoms with E-state index >= 15 is 0 Å². The van der Waals surface area contributed by atoms with Crippen LogP contribution in [0.4, 0.5) is 5.69 Å². The van der Waals surface area contributed by atoms with Crippen LogP contribution in [0.1, 0.15) is 18.7 Å². The Bertz CT molecular complexity index is 658. The molecule has 1 saturated carbocycles. The second-order valence-corrected chi connectivity index (χ2v) is 6.79. The summed E-state index contributed by atoms with van der Waals surface area (Å²) in [5.41, 5.74) is 1.08. The molecule has 2 aliphatic rings. The van der Waals surface area contributed by atoms with Crippen LogP contribution < -0.4 is 5.32 Å². The first-order valence-corrected chi connectivity index (χ1v) is 8.77. The molecule has 3 atom stereocenters. The summed E-state index contributed by atoms with van der Waals surface area (Å²) in [5, 5.41) is 3.51. The summed E-state index contributed by atoms with van der Waals surface area (Å²) in [6, 6.07) is 4.54. The summed E-state index contributed by atoms with van der Waals surface area (Å²) < 4.78 is 8.27. The minimum absolute atomic E-state index is 0.322. The van der Waals surface area contributed by atoms with E-state index in [1.165, 1.54) is 12.8 Å². The summed E-state index contributed by atoms with van der Waals surface area (Å²) in [6.45, 7) is 3.67. The van der Waals surface area contributed by atoms with Gasteiger partial charge in [0.15, 0.2) is 0 Å². The van der Waals surface area contributed by atoms with Crippen molar-refractivity contribution in [2.45, 2.75) is 31.5 Å². The van der Waals surface area contributed by atoms with E-state index in [9.17, 15) is 0 Å². The van der Waals surface area contributed by atoms with Crippen molar-refractivity contribution < 1.29 is 4.74 Å². The summed E-state index contributed by atoms with van der Waals surface area (Å²) in [6.07, 6.45) is 10.3. The van der Waals surface area contributed by atoms with E-state index in [-0.39, 0.29) is 0 Å². The van der Waals surface area contributed by atoms with Crippen LogP contribution in [0.25, 0.3) is 0 Å². The fraction of sp³-hybridized carbons (Fsp3) is 0.556. The Morgan fingerprint density at radius 1 is 1.33 bits per heavy atom. The Morgan fingerprint density at radius 2 is 2.29 bits per heavy atom. The molecule has 1 aliphatic carbocycles. The van der Waals surface area contributed by atoms with Crippen LogP contribution in [0.15, 0.2) is 36.9 Å². The molecule has 0 bridgehead atoms.